The van der Waals surface area contributed by atoms with Crippen molar-refractivity contribution in [1.82, 2.24) is 4.90 Å². The maximum absolute atomic E-state index is 12.9. The topological polar surface area (TPSA) is 123 Å². The quantitative estimate of drug-likeness (QED) is 0.237. The highest BCUT2D eigenvalue weighted by Gasteiger charge is 2.40. The van der Waals surface area contributed by atoms with Crippen LogP contribution in [0.2, 0.25) is 0 Å². The normalized spacial score (nSPS) is 15.9. The summed E-state index contributed by atoms with van der Waals surface area (Å²) in [5.41, 5.74) is 0.0744. The zero-order valence-electron chi connectivity index (χ0n) is 17.3. The molecule has 3 rings (SSSR count). The smallest absolute Gasteiger partial charge is 0.326 e. The number of furan rings is 1. The minimum absolute atomic E-state index is 0.169. The summed E-state index contributed by atoms with van der Waals surface area (Å²) in [6.45, 7) is 1.94. The first-order valence-electron chi connectivity index (χ1n) is 9.69. The predicted octanol–water partition coefficient (Wildman–Crippen LogP) is 4.71. The maximum Gasteiger partial charge on any atom is 0.326 e. The number of unbranched alkanes of at least 4 members (excludes halogenated alkanes) is 1. The van der Waals surface area contributed by atoms with Gasteiger partial charge in [-0.2, -0.15) is 0 Å². The SMILES string of the molecule is CCCCC(C(=O)O)N1C(=O)C(=Cc2ccc(-c3ccc(OC)cc3[N+](=O)[O-])o2)SC1=S. The fraction of sp³-hybridized carbons (Fsp3) is 0.286. The molecule has 0 radical (unpaired) electrons. The second-order valence-electron chi connectivity index (χ2n) is 6.89. The lowest BCUT2D eigenvalue weighted by molar-refractivity contribution is -0.384. The van der Waals surface area contributed by atoms with Crippen LogP contribution in [-0.2, 0) is 9.59 Å². The first-order valence-corrected chi connectivity index (χ1v) is 10.9. The van der Waals surface area contributed by atoms with Crippen LogP contribution in [0.5, 0.6) is 5.75 Å². The fourth-order valence-electron chi connectivity index (χ4n) is 3.21. The van der Waals surface area contributed by atoms with Crippen LogP contribution in [0.25, 0.3) is 17.4 Å². The van der Waals surface area contributed by atoms with Crippen molar-refractivity contribution in [3.63, 3.8) is 0 Å². The highest BCUT2D eigenvalue weighted by Crippen LogP contribution is 2.37. The van der Waals surface area contributed by atoms with Gasteiger partial charge < -0.3 is 14.3 Å². The molecule has 1 N–H and O–H groups in total. The summed E-state index contributed by atoms with van der Waals surface area (Å²) in [5.74, 6) is -0.745. The number of nitrogens with zero attached hydrogens (tertiary/aromatic N) is 2. The van der Waals surface area contributed by atoms with E-state index in [9.17, 15) is 24.8 Å². The Morgan fingerprint density at radius 1 is 1.41 bits per heavy atom. The third-order valence-electron chi connectivity index (χ3n) is 4.82. The molecule has 1 amide bonds. The number of thioether (sulfide) groups is 1. The van der Waals surface area contributed by atoms with E-state index in [0.717, 1.165) is 23.1 Å². The number of hydrogen-bond donors (Lipinski definition) is 1. The summed E-state index contributed by atoms with van der Waals surface area (Å²) in [6, 6.07) is 6.50. The number of carboxylic acids is 1. The number of nitro benzene ring substituents is 1. The van der Waals surface area contributed by atoms with E-state index in [4.69, 9.17) is 21.4 Å². The average Bonchev–Trinajstić information content (AvgIpc) is 3.33. The van der Waals surface area contributed by atoms with Crippen molar-refractivity contribution < 1.29 is 28.8 Å². The number of nitro groups is 1. The highest BCUT2D eigenvalue weighted by molar-refractivity contribution is 8.26. The van der Waals surface area contributed by atoms with Crippen molar-refractivity contribution in [1.29, 1.82) is 0 Å². The lowest BCUT2D eigenvalue weighted by atomic mass is 10.1. The number of ether oxygens (including phenoxy) is 1. The van der Waals surface area contributed by atoms with Crippen molar-refractivity contribution in [2.75, 3.05) is 7.11 Å². The number of amides is 1. The number of carbonyl (C=O) groups is 2. The molecule has 1 unspecified atom stereocenters. The van der Waals surface area contributed by atoms with Gasteiger partial charge in [0, 0.05) is 6.08 Å². The molecule has 0 bridgehead atoms. The number of aliphatic carboxylic acids is 1. The van der Waals surface area contributed by atoms with Crippen LogP contribution in [-0.4, -0.2) is 44.3 Å². The summed E-state index contributed by atoms with van der Waals surface area (Å²) in [6.07, 6.45) is 3.20. The van der Waals surface area contributed by atoms with E-state index in [1.807, 2.05) is 6.92 Å². The predicted molar refractivity (Wildman–Crippen MR) is 123 cm³/mol. The van der Waals surface area contributed by atoms with E-state index in [1.54, 1.807) is 18.2 Å². The fourth-order valence-corrected chi connectivity index (χ4v) is 4.55. The number of hydrogen-bond acceptors (Lipinski definition) is 8. The van der Waals surface area contributed by atoms with E-state index in [1.165, 1.54) is 25.3 Å². The van der Waals surface area contributed by atoms with E-state index in [2.05, 4.69) is 0 Å². The van der Waals surface area contributed by atoms with E-state index < -0.39 is 22.8 Å². The molecule has 1 aromatic carbocycles. The third-order valence-corrected chi connectivity index (χ3v) is 6.15. The Hall–Kier alpha value is -3.18. The number of thiocarbonyl (C=S) groups is 1. The van der Waals surface area contributed by atoms with Gasteiger partial charge in [0.1, 0.15) is 27.6 Å². The van der Waals surface area contributed by atoms with Crippen LogP contribution < -0.4 is 4.74 Å². The molecule has 0 aliphatic carbocycles. The van der Waals surface area contributed by atoms with Gasteiger partial charge in [-0.1, -0.05) is 43.7 Å². The summed E-state index contributed by atoms with van der Waals surface area (Å²) >= 11 is 6.25. The second-order valence-corrected chi connectivity index (χ2v) is 8.57. The van der Waals surface area contributed by atoms with Gasteiger partial charge in [-0.3, -0.25) is 19.8 Å². The first kappa shape index (κ1) is 23.5. The number of carbonyl (C=O) groups excluding carboxylic acids is 1. The Balaban J connectivity index is 1.89. The van der Waals surface area contributed by atoms with Crippen LogP contribution in [0, 0.1) is 10.1 Å². The molecule has 1 aliphatic heterocycles. The highest BCUT2D eigenvalue weighted by atomic mass is 32.2. The van der Waals surface area contributed by atoms with Crippen LogP contribution in [0.15, 0.2) is 39.7 Å². The largest absolute Gasteiger partial charge is 0.497 e. The molecule has 0 saturated carbocycles. The van der Waals surface area contributed by atoms with Crippen molar-refractivity contribution >= 4 is 51.9 Å². The zero-order valence-corrected chi connectivity index (χ0v) is 18.9. The molecule has 2 heterocycles. The van der Waals surface area contributed by atoms with Crippen molar-refractivity contribution in [3.8, 4) is 17.1 Å². The molecule has 32 heavy (non-hydrogen) atoms. The van der Waals surface area contributed by atoms with Crippen LogP contribution >= 0.6 is 24.0 Å². The van der Waals surface area contributed by atoms with Gasteiger partial charge >= 0.3 is 5.97 Å². The van der Waals surface area contributed by atoms with E-state index in [-0.39, 0.29) is 32.0 Å². The summed E-state index contributed by atoms with van der Waals surface area (Å²) in [4.78, 5) is 36.8. The van der Waals surface area contributed by atoms with Gasteiger partial charge in [-0.15, -0.1) is 0 Å². The van der Waals surface area contributed by atoms with Gasteiger partial charge in [0.2, 0.25) is 0 Å². The van der Waals surface area contributed by atoms with Gasteiger partial charge in [-0.05, 0) is 30.7 Å². The summed E-state index contributed by atoms with van der Waals surface area (Å²) in [7, 11) is 1.41. The Bertz CT molecular complexity index is 1110. The van der Waals surface area contributed by atoms with Gasteiger partial charge in [0.15, 0.2) is 0 Å². The standard InChI is InChI=1S/C21H20N2O7S2/c1-3-4-5-15(20(25)26)22-19(24)18(32-21(22)31)11-13-7-9-17(30-13)14-8-6-12(29-2)10-16(14)23(27)28/h6-11,15H,3-5H2,1-2H3,(H,25,26). The zero-order chi connectivity index (χ0) is 23.4. The molecule has 11 heteroatoms. The molecule has 2 aromatic rings. The number of rotatable bonds is 9. The molecule has 0 spiro atoms. The van der Waals surface area contributed by atoms with Gasteiger partial charge in [0.25, 0.3) is 11.6 Å². The van der Waals surface area contributed by atoms with Crippen LogP contribution in [0.3, 0.4) is 0 Å². The summed E-state index contributed by atoms with van der Waals surface area (Å²) in [5, 5.41) is 21.0. The Kier molecular flexibility index (Phi) is 7.31. The molecule has 1 aromatic heterocycles. The van der Waals surface area contributed by atoms with Crippen molar-refractivity contribution in [2.45, 2.75) is 32.2 Å². The van der Waals surface area contributed by atoms with Crippen molar-refractivity contribution in [3.05, 3.63) is 51.1 Å². The molecule has 1 aliphatic rings. The summed E-state index contributed by atoms with van der Waals surface area (Å²) < 4.78 is 10.9. The number of methoxy groups -OCH3 is 1. The van der Waals surface area contributed by atoms with E-state index >= 15 is 0 Å². The number of benzene rings is 1. The first-order chi connectivity index (χ1) is 15.3. The molecule has 1 saturated heterocycles. The molecular weight excluding hydrogens is 456 g/mol. The van der Waals surface area contributed by atoms with Crippen LogP contribution in [0.1, 0.15) is 31.9 Å². The average molecular weight is 477 g/mol. The molecular formula is C21H20N2O7S2. The van der Waals surface area contributed by atoms with Gasteiger partial charge in [-0.25, -0.2) is 4.79 Å². The minimum atomic E-state index is -1.11. The Morgan fingerprint density at radius 2 is 2.16 bits per heavy atom. The minimum Gasteiger partial charge on any atom is -0.497 e. The Labute approximate surface area is 193 Å². The monoisotopic (exact) mass is 476 g/mol. The maximum atomic E-state index is 12.9. The second kappa shape index (κ2) is 9.96. The van der Waals surface area contributed by atoms with Crippen molar-refractivity contribution in [2.24, 2.45) is 0 Å². The van der Waals surface area contributed by atoms with E-state index in [0.29, 0.717) is 18.6 Å². The lowest BCUT2D eigenvalue weighted by Crippen LogP contribution is -2.43. The molecule has 9 nitrogen and oxygen atoms in total. The van der Waals surface area contributed by atoms with Gasteiger partial charge in [0.05, 0.1) is 28.6 Å². The molecule has 1 atom stereocenters. The molecule has 1 fully saturated rings. The molecule has 168 valence electrons. The number of carboxylic acid groups (broad SMARTS) is 1. The third kappa shape index (κ3) is 4.83. The Morgan fingerprint density at radius 3 is 2.78 bits per heavy atom. The van der Waals surface area contributed by atoms with Crippen LogP contribution in [0.4, 0.5) is 5.69 Å². The lowest BCUT2D eigenvalue weighted by Gasteiger charge is -2.22.